The predicted octanol–water partition coefficient (Wildman–Crippen LogP) is 3.63. The molecule has 1 aliphatic heterocycles. The van der Waals surface area contributed by atoms with Gasteiger partial charge in [0.15, 0.2) is 0 Å². The van der Waals surface area contributed by atoms with Crippen molar-refractivity contribution in [2.45, 2.75) is 37.8 Å². The molecule has 3 aromatic rings. The Kier molecular flexibility index (Phi) is 6.55. The van der Waals surface area contributed by atoms with Gasteiger partial charge in [0.25, 0.3) is 5.91 Å². The zero-order valence-corrected chi connectivity index (χ0v) is 19.0. The van der Waals surface area contributed by atoms with Gasteiger partial charge in [0.2, 0.25) is 5.88 Å². The van der Waals surface area contributed by atoms with Gasteiger partial charge in [-0.2, -0.15) is 4.98 Å². The van der Waals surface area contributed by atoms with Crippen molar-refractivity contribution in [1.82, 2.24) is 20.3 Å². The second-order valence-electron chi connectivity index (χ2n) is 8.39. The maximum absolute atomic E-state index is 12.5. The number of hydrogen-bond donors (Lipinski definition) is 1. The van der Waals surface area contributed by atoms with E-state index in [1.807, 2.05) is 18.2 Å². The van der Waals surface area contributed by atoms with Gasteiger partial charge in [-0.05, 0) is 49.9 Å². The maximum Gasteiger partial charge on any atom is 0.253 e. The first-order valence-corrected chi connectivity index (χ1v) is 11.7. The summed E-state index contributed by atoms with van der Waals surface area (Å²) in [7, 11) is 0. The lowest BCUT2D eigenvalue weighted by molar-refractivity contribution is 0.0891. The number of morpholine rings is 1. The third-order valence-electron chi connectivity index (χ3n) is 6.16. The number of amides is 1. The largest absolute Gasteiger partial charge is 0.474 e. The highest BCUT2D eigenvalue weighted by atomic mass is 35.5. The van der Waals surface area contributed by atoms with Gasteiger partial charge in [-0.25, -0.2) is 4.98 Å². The van der Waals surface area contributed by atoms with E-state index in [4.69, 9.17) is 26.1 Å². The number of anilines is 1. The number of carbonyl (C=O) groups excluding carboxylic acids is 1. The van der Waals surface area contributed by atoms with Gasteiger partial charge in [-0.15, -0.1) is 0 Å². The Morgan fingerprint density at radius 1 is 1.12 bits per heavy atom. The Labute approximate surface area is 197 Å². The molecule has 2 aliphatic rings. The summed E-state index contributed by atoms with van der Waals surface area (Å²) >= 11 is 5.81. The molecule has 1 saturated heterocycles. The van der Waals surface area contributed by atoms with E-state index in [0.29, 0.717) is 29.8 Å². The lowest BCUT2D eigenvalue weighted by Crippen LogP contribution is -2.40. The van der Waals surface area contributed by atoms with Crippen LogP contribution in [0.5, 0.6) is 5.88 Å². The highest BCUT2D eigenvalue weighted by molar-refractivity contribution is 6.29. The van der Waals surface area contributed by atoms with Gasteiger partial charge in [0.05, 0.1) is 29.7 Å². The van der Waals surface area contributed by atoms with Crippen molar-refractivity contribution < 1.29 is 14.3 Å². The fourth-order valence-electron chi connectivity index (χ4n) is 4.34. The van der Waals surface area contributed by atoms with Crippen LogP contribution in [0.25, 0.3) is 10.9 Å². The number of fused-ring (bicyclic) bond motifs is 1. The lowest BCUT2D eigenvalue weighted by atomic mass is 9.92. The molecule has 1 N–H and O–H groups in total. The van der Waals surface area contributed by atoms with Crippen LogP contribution < -0.4 is 15.0 Å². The Morgan fingerprint density at radius 3 is 2.70 bits per heavy atom. The first-order chi connectivity index (χ1) is 16.2. The van der Waals surface area contributed by atoms with Crippen LogP contribution >= 0.6 is 11.6 Å². The predicted molar refractivity (Wildman–Crippen MR) is 126 cm³/mol. The normalized spacial score (nSPS) is 21.1. The summed E-state index contributed by atoms with van der Waals surface area (Å²) in [5, 5.41) is 4.39. The summed E-state index contributed by atoms with van der Waals surface area (Å²) < 4.78 is 11.9. The number of pyridine rings is 3. The van der Waals surface area contributed by atoms with Gasteiger partial charge < -0.3 is 19.7 Å². The molecule has 0 atom stereocenters. The maximum atomic E-state index is 12.5. The number of hydrogen-bond acceptors (Lipinski definition) is 7. The SMILES string of the molecule is O=C(NC1CCC(Oc2nc(N3CCOCC3)cc3ncccc23)CC1)c1ccc(Cl)nc1. The van der Waals surface area contributed by atoms with Crippen LogP contribution in [0.2, 0.25) is 5.15 Å². The minimum Gasteiger partial charge on any atom is -0.474 e. The minimum absolute atomic E-state index is 0.0474. The van der Waals surface area contributed by atoms with Crippen LogP contribution in [0.1, 0.15) is 36.0 Å². The summed E-state index contributed by atoms with van der Waals surface area (Å²) in [6, 6.07) is 9.35. The molecule has 5 rings (SSSR count). The molecule has 0 radical (unpaired) electrons. The molecule has 172 valence electrons. The average molecular weight is 468 g/mol. The summed E-state index contributed by atoms with van der Waals surface area (Å²) in [6.07, 6.45) is 6.71. The molecule has 1 amide bonds. The second-order valence-corrected chi connectivity index (χ2v) is 8.78. The third kappa shape index (κ3) is 5.17. The van der Waals surface area contributed by atoms with Crippen molar-refractivity contribution in [1.29, 1.82) is 0 Å². The third-order valence-corrected chi connectivity index (χ3v) is 6.39. The molecular weight excluding hydrogens is 442 g/mol. The molecule has 3 aromatic heterocycles. The Hall–Kier alpha value is -2.97. The van der Waals surface area contributed by atoms with E-state index in [1.54, 1.807) is 18.3 Å². The molecule has 2 fully saturated rings. The molecule has 0 spiro atoms. The molecule has 9 heteroatoms. The van der Waals surface area contributed by atoms with E-state index in [1.165, 1.54) is 6.20 Å². The molecule has 0 unspecified atom stereocenters. The molecular formula is C24H26ClN5O3. The van der Waals surface area contributed by atoms with Crippen molar-refractivity contribution in [3.05, 3.63) is 53.4 Å². The summed E-state index contributed by atoms with van der Waals surface area (Å²) in [5.74, 6) is 1.37. The van der Waals surface area contributed by atoms with Gasteiger partial charge in [-0.1, -0.05) is 11.6 Å². The van der Waals surface area contributed by atoms with Gasteiger partial charge in [0, 0.05) is 37.6 Å². The first-order valence-electron chi connectivity index (χ1n) is 11.3. The molecule has 8 nitrogen and oxygen atoms in total. The topological polar surface area (TPSA) is 89.5 Å². The zero-order valence-electron chi connectivity index (χ0n) is 18.2. The number of nitrogens with one attached hydrogen (secondary N) is 1. The number of carbonyl (C=O) groups is 1. The van der Waals surface area contributed by atoms with Crippen molar-refractivity contribution in [3.8, 4) is 5.88 Å². The van der Waals surface area contributed by atoms with Crippen LogP contribution in [-0.4, -0.2) is 59.3 Å². The van der Waals surface area contributed by atoms with Crippen LogP contribution in [0.15, 0.2) is 42.7 Å². The number of halogens is 1. The Morgan fingerprint density at radius 2 is 1.94 bits per heavy atom. The molecule has 33 heavy (non-hydrogen) atoms. The highest BCUT2D eigenvalue weighted by Crippen LogP contribution is 2.31. The van der Waals surface area contributed by atoms with Gasteiger partial charge in [0.1, 0.15) is 17.1 Å². The molecule has 1 saturated carbocycles. The van der Waals surface area contributed by atoms with Crippen molar-refractivity contribution >= 4 is 34.2 Å². The standard InChI is InChI=1S/C24H26ClN5O3/c25-21-8-3-16(15-27-21)23(31)28-17-4-6-18(7-5-17)33-24-19-2-1-9-26-20(19)14-22(29-24)30-10-12-32-13-11-30/h1-3,8-9,14-15,17-18H,4-7,10-13H2,(H,28,31). The van der Waals surface area contributed by atoms with Crippen LogP contribution in [0, 0.1) is 0 Å². The Bertz CT molecular complexity index is 1110. The molecule has 0 aromatic carbocycles. The van der Waals surface area contributed by atoms with Crippen LogP contribution in [0.4, 0.5) is 5.82 Å². The lowest BCUT2D eigenvalue weighted by Gasteiger charge is -2.31. The summed E-state index contributed by atoms with van der Waals surface area (Å²) in [5.41, 5.74) is 1.39. The number of ether oxygens (including phenoxy) is 2. The second kappa shape index (κ2) is 9.89. The van der Waals surface area contributed by atoms with Crippen molar-refractivity contribution in [3.63, 3.8) is 0 Å². The van der Waals surface area contributed by atoms with Crippen molar-refractivity contribution in [2.75, 3.05) is 31.2 Å². The quantitative estimate of drug-likeness (QED) is 0.573. The fraction of sp³-hybridized carbons (Fsp3) is 0.417. The minimum atomic E-state index is -0.125. The number of aromatic nitrogens is 3. The number of rotatable bonds is 5. The summed E-state index contributed by atoms with van der Waals surface area (Å²) in [4.78, 5) is 28.1. The van der Waals surface area contributed by atoms with E-state index in [9.17, 15) is 4.79 Å². The van der Waals surface area contributed by atoms with Crippen LogP contribution in [-0.2, 0) is 4.74 Å². The zero-order chi connectivity index (χ0) is 22.6. The van der Waals surface area contributed by atoms with E-state index < -0.39 is 0 Å². The summed E-state index contributed by atoms with van der Waals surface area (Å²) in [6.45, 7) is 3.00. The first kappa shape index (κ1) is 21.9. The van der Waals surface area contributed by atoms with Gasteiger partial charge >= 0.3 is 0 Å². The number of nitrogens with zero attached hydrogens (tertiary/aromatic N) is 4. The average Bonchev–Trinajstić information content (AvgIpc) is 2.86. The van der Waals surface area contributed by atoms with Crippen molar-refractivity contribution in [2.24, 2.45) is 0 Å². The van der Waals surface area contributed by atoms with E-state index in [-0.39, 0.29) is 18.1 Å². The van der Waals surface area contributed by atoms with E-state index >= 15 is 0 Å². The Balaban J connectivity index is 1.24. The van der Waals surface area contributed by atoms with Crippen LogP contribution in [0.3, 0.4) is 0 Å². The van der Waals surface area contributed by atoms with Gasteiger partial charge in [-0.3, -0.25) is 9.78 Å². The monoisotopic (exact) mass is 467 g/mol. The molecule has 4 heterocycles. The smallest absolute Gasteiger partial charge is 0.253 e. The van der Waals surface area contributed by atoms with E-state index in [0.717, 1.165) is 55.5 Å². The fourth-order valence-corrected chi connectivity index (χ4v) is 4.45. The molecule has 0 bridgehead atoms. The highest BCUT2D eigenvalue weighted by Gasteiger charge is 2.25. The van der Waals surface area contributed by atoms with E-state index in [2.05, 4.69) is 20.2 Å². The molecule has 1 aliphatic carbocycles.